The maximum atomic E-state index is 9.31. The van der Waals surface area contributed by atoms with Crippen molar-refractivity contribution in [1.82, 2.24) is 5.32 Å². The Kier molecular flexibility index (Phi) is 3.70. The molecule has 2 N–H and O–H groups in total. The number of fused-ring (bicyclic) bond motifs is 1. The van der Waals surface area contributed by atoms with E-state index in [1.54, 1.807) is 0 Å². The molecule has 0 saturated carbocycles. The van der Waals surface area contributed by atoms with Gasteiger partial charge in [-0.05, 0) is 19.9 Å². The molecule has 0 radical (unpaired) electrons. The van der Waals surface area contributed by atoms with Crippen molar-refractivity contribution in [2.24, 2.45) is 0 Å². The summed E-state index contributed by atoms with van der Waals surface area (Å²) in [7, 11) is 0. The molecular formula is C16H23NO2. The van der Waals surface area contributed by atoms with Gasteiger partial charge in [-0.3, -0.25) is 0 Å². The van der Waals surface area contributed by atoms with Crippen LogP contribution in [0.3, 0.4) is 0 Å². The maximum absolute atomic E-state index is 9.31. The summed E-state index contributed by atoms with van der Waals surface area (Å²) in [5, 5.41) is 13.9. The van der Waals surface area contributed by atoms with Crippen LogP contribution in [0.5, 0.6) is 0 Å². The minimum Gasteiger partial charge on any atom is -0.464 e. The van der Waals surface area contributed by atoms with Gasteiger partial charge in [0.1, 0.15) is 5.58 Å². The van der Waals surface area contributed by atoms with Gasteiger partial charge < -0.3 is 14.8 Å². The first kappa shape index (κ1) is 14.1. The Morgan fingerprint density at radius 1 is 1.16 bits per heavy atom. The Morgan fingerprint density at radius 3 is 2.53 bits per heavy atom. The first-order valence-corrected chi connectivity index (χ1v) is 6.68. The summed E-state index contributed by atoms with van der Waals surface area (Å²) in [4.78, 5) is 0. The number of aliphatic hydroxyl groups excluding tert-OH is 1. The maximum Gasteiger partial charge on any atom is 0.134 e. The minimum absolute atomic E-state index is 0.0565. The fourth-order valence-corrected chi connectivity index (χ4v) is 2.11. The lowest BCUT2D eigenvalue weighted by Gasteiger charge is -2.31. The lowest BCUT2D eigenvalue weighted by molar-refractivity contribution is 0.181. The molecule has 0 aliphatic heterocycles. The van der Waals surface area contributed by atoms with E-state index in [-0.39, 0.29) is 17.6 Å². The van der Waals surface area contributed by atoms with Gasteiger partial charge in [-0.25, -0.2) is 0 Å². The molecule has 0 amide bonds. The average molecular weight is 261 g/mol. The second-order valence-corrected chi connectivity index (χ2v) is 6.42. The smallest absolute Gasteiger partial charge is 0.134 e. The van der Waals surface area contributed by atoms with Crippen LogP contribution in [-0.4, -0.2) is 23.8 Å². The molecule has 0 unspecified atom stereocenters. The lowest BCUT2D eigenvalue weighted by Crippen LogP contribution is -2.47. The van der Waals surface area contributed by atoms with Gasteiger partial charge in [-0.1, -0.05) is 32.0 Å². The van der Waals surface area contributed by atoms with E-state index in [1.807, 2.05) is 38.3 Å². The van der Waals surface area contributed by atoms with E-state index < -0.39 is 0 Å². The third kappa shape index (κ3) is 2.99. The van der Waals surface area contributed by atoms with Gasteiger partial charge in [0, 0.05) is 28.4 Å². The molecule has 1 heterocycles. The van der Waals surface area contributed by atoms with Gasteiger partial charge in [0.15, 0.2) is 0 Å². The van der Waals surface area contributed by atoms with Crippen LogP contribution in [0, 0.1) is 0 Å². The molecule has 104 valence electrons. The van der Waals surface area contributed by atoms with Crippen molar-refractivity contribution in [2.75, 3.05) is 13.2 Å². The fourth-order valence-electron chi connectivity index (χ4n) is 2.11. The van der Waals surface area contributed by atoms with Gasteiger partial charge in [-0.2, -0.15) is 0 Å². The number of benzene rings is 1. The summed E-state index contributed by atoms with van der Waals surface area (Å²) in [5.74, 6) is 0. The third-order valence-electron chi connectivity index (χ3n) is 3.61. The summed E-state index contributed by atoms with van der Waals surface area (Å²) in [5.41, 5.74) is 1.80. The van der Waals surface area contributed by atoms with Crippen molar-refractivity contribution in [3.05, 3.63) is 36.1 Å². The van der Waals surface area contributed by atoms with Crippen LogP contribution in [0.25, 0.3) is 11.0 Å². The highest BCUT2D eigenvalue weighted by Gasteiger charge is 2.27. The molecule has 0 bridgehead atoms. The normalized spacial score (nSPS) is 13.1. The highest BCUT2D eigenvalue weighted by Crippen LogP contribution is 2.31. The van der Waals surface area contributed by atoms with Gasteiger partial charge in [0.05, 0.1) is 12.9 Å². The molecule has 0 aliphatic carbocycles. The van der Waals surface area contributed by atoms with E-state index in [2.05, 4.69) is 25.2 Å². The van der Waals surface area contributed by atoms with Gasteiger partial charge in [0.25, 0.3) is 0 Å². The largest absolute Gasteiger partial charge is 0.464 e. The monoisotopic (exact) mass is 261 g/mol. The number of para-hydroxylation sites is 1. The molecule has 2 aromatic rings. The fraction of sp³-hybridized carbons (Fsp3) is 0.500. The van der Waals surface area contributed by atoms with E-state index in [0.29, 0.717) is 0 Å². The van der Waals surface area contributed by atoms with Crippen LogP contribution < -0.4 is 5.32 Å². The van der Waals surface area contributed by atoms with E-state index in [0.717, 1.165) is 17.5 Å². The van der Waals surface area contributed by atoms with Crippen LogP contribution in [0.4, 0.5) is 0 Å². The molecule has 0 saturated heterocycles. The summed E-state index contributed by atoms with van der Waals surface area (Å²) in [6, 6.07) is 8.09. The van der Waals surface area contributed by atoms with Crippen LogP contribution in [0.2, 0.25) is 0 Å². The Bertz CT molecular complexity index is 555. The average Bonchev–Trinajstić information content (AvgIpc) is 2.81. The molecule has 1 aromatic carbocycles. The van der Waals surface area contributed by atoms with Crippen molar-refractivity contribution in [3.63, 3.8) is 0 Å². The van der Waals surface area contributed by atoms with Crippen molar-refractivity contribution in [2.45, 2.75) is 38.6 Å². The molecule has 3 nitrogen and oxygen atoms in total. The quantitative estimate of drug-likeness (QED) is 0.869. The van der Waals surface area contributed by atoms with E-state index in [4.69, 9.17) is 4.42 Å². The third-order valence-corrected chi connectivity index (χ3v) is 3.61. The second-order valence-electron chi connectivity index (χ2n) is 6.42. The van der Waals surface area contributed by atoms with Crippen molar-refractivity contribution < 1.29 is 9.52 Å². The summed E-state index contributed by atoms with van der Waals surface area (Å²) in [6.45, 7) is 9.27. The predicted octanol–water partition coefficient (Wildman–Crippen LogP) is 3.07. The van der Waals surface area contributed by atoms with E-state index in [9.17, 15) is 5.11 Å². The zero-order chi connectivity index (χ0) is 14.1. The lowest BCUT2D eigenvalue weighted by atomic mass is 9.83. The molecule has 3 heteroatoms. The van der Waals surface area contributed by atoms with Gasteiger partial charge in [0.2, 0.25) is 0 Å². The van der Waals surface area contributed by atoms with Crippen LogP contribution >= 0.6 is 0 Å². The Balaban J connectivity index is 2.24. The summed E-state index contributed by atoms with van der Waals surface area (Å²) < 4.78 is 5.62. The predicted molar refractivity (Wildman–Crippen MR) is 78.4 cm³/mol. The first-order chi connectivity index (χ1) is 8.86. The number of aliphatic hydroxyl groups is 1. The first-order valence-electron chi connectivity index (χ1n) is 6.68. The summed E-state index contributed by atoms with van der Waals surface area (Å²) in [6.07, 6.45) is 1.85. The molecular weight excluding hydrogens is 238 g/mol. The molecule has 0 atom stereocenters. The number of hydrogen-bond donors (Lipinski definition) is 2. The van der Waals surface area contributed by atoms with Crippen LogP contribution in [0.15, 0.2) is 34.9 Å². The topological polar surface area (TPSA) is 45.4 Å². The van der Waals surface area contributed by atoms with E-state index >= 15 is 0 Å². The highest BCUT2D eigenvalue weighted by atomic mass is 16.3. The van der Waals surface area contributed by atoms with Crippen LogP contribution in [-0.2, 0) is 5.41 Å². The molecule has 19 heavy (non-hydrogen) atoms. The SMILES string of the molecule is CC(C)(CO)NCC(C)(C)c1coc2ccccc12. The number of furan rings is 1. The second kappa shape index (κ2) is 4.99. The molecule has 0 fully saturated rings. The Morgan fingerprint density at radius 2 is 1.84 bits per heavy atom. The minimum atomic E-state index is -0.267. The van der Waals surface area contributed by atoms with Crippen molar-refractivity contribution in [1.29, 1.82) is 0 Å². The molecule has 0 spiro atoms. The molecule has 2 rings (SSSR count). The van der Waals surface area contributed by atoms with Crippen LogP contribution in [0.1, 0.15) is 33.3 Å². The zero-order valence-electron chi connectivity index (χ0n) is 12.2. The van der Waals surface area contributed by atoms with Crippen molar-refractivity contribution in [3.8, 4) is 0 Å². The van der Waals surface area contributed by atoms with Gasteiger partial charge in [-0.15, -0.1) is 0 Å². The Labute approximate surface area is 114 Å². The number of hydrogen-bond acceptors (Lipinski definition) is 3. The molecule has 1 aromatic heterocycles. The summed E-state index contributed by atoms with van der Waals surface area (Å²) >= 11 is 0. The number of rotatable bonds is 5. The molecule has 0 aliphatic rings. The van der Waals surface area contributed by atoms with Gasteiger partial charge >= 0.3 is 0 Å². The van der Waals surface area contributed by atoms with E-state index in [1.165, 1.54) is 5.56 Å². The Hall–Kier alpha value is -1.32. The van der Waals surface area contributed by atoms with Crippen molar-refractivity contribution >= 4 is 11.0 Å². The number of nitrogens with one attached hydrogen (secondary N) is 1. The zero-order valence-corrected chi connectivity index (χ0v) is 12.2. The standard InChI is InChI=1S/C16H23NO2/c1-15(2,10-17-16(3,4)11-18)13-9-19-14-8-6-5-7-12(13)14/h5-9,17-18H,10-11H2,1-4H3. The highest BCUT2D eigenvalue weighted by molar-refractivity contribution is 5.82.